The van der Waals surface area contributed by atoms with Crippen LogP contribution in [0.1, 0.15) is 32.2 Å². The maximum Gasteiger partial charge on any atom is 0.326 e. The van der Waals surface area contributed by atoms with Crippen molar-refractivity contribution in [2.45, 2.75) is 32.2 Å². The zero-order valence-electron chi connectivity index (χ0n) is 10.6. The number of aliphatic carboxylic acids is 1. The number of hydrogen-bond acceptors (Lipinski definition) is 1. The lowest BCUT2D eigenvalue weighted by atomic mass is 10.1. The molecule has 102 valence electrons. The van der Waals surface area contributed by atoms with Crippen LogP contribution < -0.4 is 0 Å². The van der Waals surface area contributed by atoms with E-state index in [1.165, 1.54) is 0 Å². The third-order valence-electron chi connectivity index (χ3n) is 3.20. The highest BCUT2D eigenvalue weighted by molar-refractivity contribution is 6.38. The van der Waals surface area contributed by atoms with Crippen LogP contribution in [-0.4, -0.2) is 15.6 Å². The Morgan fingerprint density at radius 3 is 2.79 bits per heavy atom. The van der Waals surface area contributed by atoms with Crippen molar-refractivity contribution in [1.82, 2.24) is 4.57 Å². The molecule has 2 rings (SSSR count). The molecule has 1 aromatic carbocycles. The van der Waals surface area contributed by atoms with Gasteiger partial charge in [-0.25, -0.2) is 4.79 Å². The van der Waals surface area contributed by atoms with Crippen LogP contribution in [0.15, 0.2) is 24.4 Å². The van der Waals surface area contributed by atoms with E-state index in [1.54, 1.807) is 22.9 Å². The van der Waals surface area contributed by atoms with Gasteiger partial charge >= 0.3 is 5.97 Å². The average Bonchev–Trinajstić information content (AvgIpc) is 2.73. The van der Waals surface area contributed by atoms with Crippen LogP contribution >= 0.6 is 23.2 Å². The highest BCUT2D eigenvalue weighted by Crippen LogP contribution is 2.31. The number of halogens is 2. The topological polar surface area (TPSA) is 42.2 Å². The summed E-state index contributed by atoms with van der Waals surface area (Å²) in [4.78, 5) is 11.4. The Hall–Kier alpha value is -1.19. The molecule has 0 aliphatic rings. The van der Waals surface area contributed by atoms with Gasteiger partial charge in [0.15, 0.2) is 0 Å². The summed E-state index contributed by atoms with van der Waals surface area (Å²) in [6, 6.07) is 4.67. The minimum atomic E-state index is -0.831. The van der Waals surface area contributed by atoms with Crippen molar-refractivity contribution in [3.05, 3.63) is 34.4 Å². The molecule has 0 saturated heterocycles. The van der Waals surface area contributed by atoms with Crippen LogP contribution in [0, 0.1) is 0 Å². The molecule has 19 heavy (non-hydrogen) atoms. The summed E-state index contributed by atoms with van der Waals surface area (Å²) in [7, 11) is 0. The van der Waals surface area contributed by atoms with Gasteiger partial charge in [-0.1, -0.05) is 43.0 Å². The molecule has 5 heteroatoms. The first-order valence-electron chi connectivity index (χ1n) is 6.23. The van der Waals surface area contributed by atoms with E-state index in [9.17, 15) is 9.90 Å². The summed E-state index contributed by atoms with van der Waals surface area (Å²) in [6.45, 7) is 2.04. The number of carboxylic acid groups (broad SMARTS) is 1. The molecule has 0 spiro atoms. The van der Waals surface area contributed by atoms with Gasteiger partial charge < -0.3 is 9.67 Å². The van der Waals surface area contributed by atoms with Crippen molar-refractivity contribution in [1.29, 1.82) is 0 Å². The summed E-state index contributed by atoms with van der Waals surface area (Å²) >= 11 is 12.1. The number of aromatic nitrogens is 1. The summed E-state index contributed by atoms with van der Waals surface area (Å²) in [5, 5.41) is 11.3. The fraction of sp³-hybridized carbons (Fsp3) is 0.357. The van der Waals surface area contributed by atoms with Crippen LogP contribution in [0.5, 0.6) is 0 Å². The second-order valence-electron chi connectivity index (χ2n) is 4.54. The number of nitrogens with zero attached hydrogens (tertiary/aromatic N) is 1. The van der Waals surface area contributed by atoms with Crippen molar-refractivity contribution in [2.24, 2.45) is 0 Å². The quantitative estimate of drug-likeness (QED) is 0.864. The van der Waals surface area contributed by atoms with E-state index in [0.717, 1.165) is 23.7 Å². The Bertz CT molecular complexity index is 607. The predicted molar refractivity (Wildman–Crippen MR) is 78.2 cm³/mol. The van der Waals surface area contributed by atoms with Crippen LogP contribution in [0.4, 0.5) is 0 Å². The second kappa shape index (κ2) is 5.85. The largest absolute Gasteiger partial charge is 0.480 e. The molecule has 2 aromatic rings. The minimum Gasteiger partial charge on any atom is -0.480 e. The van der Waals surface area contributed by atoms with Gasteiger partial charge in [0.25, 0.3) is 0 Å². The third-order valence-corrected chi connectivity index (χ3v) is 3.74. The molecule has 0 aliphatic heterocycles. The number of unbranched alkanes of at least 4 members (excludes halogenated alkanes) is 1. The Morgan fingerprint density at radius 1 is 1.42 bits per heavy atom. The monoisotopic (exact) mass is 299 g/mol. The van der Waals surface area contributed by atoms with Gasteiger partial charge in [-0.15, -0.1) is 0 Å². The lowest BCUT2D eigenvalue weighted by Gasteiger charge is -2.15. The molecule has 0 saturated carbocycles. The van der Waals surface area contributed by atoms with Gasteiger partial charge in [-0.3, -0.25) is 0 Å². The lowest BCUT2D eigenvalue weighted by molar-refractivity contribution is -0.141. The van der Waals surface area contributed by atoms with Crippen molar-refractivity contribution in [2.75, 3.05) is 0 Å². The number of benzene rings is 1. The zero-order chi connectivity index (χ0) is 14.0. The normalized spacial score (nSPS) is 12.8. The van der Waals surface area contributed by atoms with Gasteiger partial charge in [0.2, 0.25) is 0 Å². The van der Waals surface area contributed by atoms with Crippen LogP contribution in [-0.2, 0) is 4.79 Å². The second-order valence-corrected chi connectivity index (χ2v) is 5.38. The van der Waals surface area contributed by atoms with Crippen molar-refractivity contribution in [3.8, 4) is 0 Å². The first-order valence-corrected chi connectivity index (χ1v) is 6.98. The van der Waals surface area contributed by atoms with E-state index in [1.807, 2.05) is 13.0 Å². The van der Waals surface area contributed by atoms with E-state index in [0.29, 0.717) is 16.5 Å². The molecule has 1 aromatic heterocycles. The number of rotatable bonds is 5. The van der Waals surface area contributed by atoms with E-state index < -0.39 is 12.0 Å². The first kappa shape index (κ1) is 14.2. The first-order chi connectivity index (χ1) is 9.04. The Kier molecular flexibility index (Phi) is 4.38. The summed E-state index contributed by atoms with van der Waals surface area (Å²) < 4.78 is 1.74. The van der Waals surface area contributed by atoms with Crippen LogP contribution in [0.25, 0.3) is 10.9 Å². The van der Waals surface area contributed by atoms with E-state index in [2.05, 4.69) is 0 Å². The Labute approximate surface area is 121 Å². The Balaban J connectivity index is 2.51. The highest BCUT2D eigenvalue weighted by Gasteiger charge is 2.21. The van der Waals surface area contributed by atoms with Crippen LogP contribution in [0.2, 0.25) is 10.0 Å². The van der Waals surface area contributed by atoms with Crippen molar-refractivity contribution < 1.29 is 9.90 Å². The Morgan fingerprint density at radius 2 is 2.16 bits per heavy atom. The molecular weight excluding hydrogens is 285 g/mol. The molecule has 1 atom stereocenters. The van der Waals surface area contributed by atoms with Crippen molar-refractivity contribution in [3.63, 3.8) is 0 Å². The maximum absolute atomic E-state index is 11.4. The molecule has 0 aliphatic carbocycles. The molecule has 1 heterocycles. The summed E-state index contributed by atoms with van der Waals surface area (Å²) in [5.41, 5.74) is 0.765. The lowest BCUT2D eigenvalue weighted by Crippen LogP contribution is -2.18. The van der Waals surface area contributed by atoms with Gasteiger partial charge in [0, 0.05) is 16.6 Å². The molecule has 1 N–H and O–H groups in total. The van der Waals surface area contributed by atoms with Crippen molar-refractivity contribution >= 4 is 40.1 Å². The molecule has 0 radical (unpaired) electrons. The minimum absolute atomic E-state index is 0.511. The number of carbonyl (C=O) groups is 1. The van der Waals surface area contributed by atoms with Crippen LogP contribution in [0.3, 0.4) is 0 Å². The maximum atomic E-state index is 11.4. The molecule has 0 amide bonds. The standard InChI is InChI=1S/C14H15Cl2NO2/c1-2-3-4-12(14(18)19)17-6-5-10-11(16)7-9(15)8-13(10)17/h5-8,12H,2-4H2,1H3,(H,18,19). The molecule has 3 nitrogen and oxygen atoms in total. The van der Waals surface area contributed by atoms with Gasteiger partial charge in [0.1, 0.15) is 6.04 Å². The number of carboxylic acids is 1. The zero-order valence-corrected chi connectivity index (χ0v) is 12.1. The molecule has 0 fully saturated rings. The van der Waals surface area contributed by atoms with E-state index in [4.69, 9.17) is 23.2 Å². The third kappa shape index (κ3) is 2.88. The molecular formula is C14H15Cl2NO2. The van der Waals surface area contributed by atoms with Gasteiger partial charge in [-0.2, -0.15) is 0 Å². The van der Waals surface area contributed by atoms with E-state index in [-0.39, 0.29) is 0 Å². The average molecular weight is 300 g/mol. The number of hydrogen-bond donors (Lipinski definition) is 1. The summed E-state index contributed by atoms with van der Waals surface area (Å²) in [6.07, 6.45) is 4.19. The van der Waals surface area contributed by atoms with Gasteiger partial charge in [-0.05, 0) is 24.6 Å². The molecule has 0 bridgehead atoms. The highest BCUT2D eigenvalue weighted by atomic mass is 35.5. The van der Waals surface area contributed by atoms with E-state index >= 15 is 0 Å². The number of fused-ring (bicyclic) bond motifs is 1. The SMILES string of the molecule is CCCCC(C(=O)O)n1ccc2c(Cl)cc(Cl)cc21. The smallest absolute Gasteiger partial charge is 0.326 e. The van der Waals surface area contributed by atoms with Gasteiger partial charge in [0.05, 0.1) is 10.5 Å². The predicted octanol–water partition coefficient (Wildman–Crippen LogP) is 4.76. The molecule has 1 unspecified atom stereocenters. The fourth-order valence-corrected chi connectivity index (χ4v) is 2.78. The fourth-order valence-electron chi connectivity index (χ4n) is 2.24. The summed E-state index contributed by atoms with van der Waals surface area (Å²) in [5.74, 6) is -0.831.